The Morgan fingerprint density at radius 2 is 1.65 bits per heavy atom. The van der Waals surface area contributed by atoms with Crippen LogP contribution in [0.5, 0.6) is 0 Å². The number of alkyl carbamates (subject to hydrolysis) is 1. The van der Waals surface area contributed by atoms with Crippen molar-refractivity contribution >= 4 is 27.9 Å². The molecule has 1 unspecified atom stereocenters. The third-order valence-corrected chi connectivity index (χ3v) is 9.30. The maximum atomic E-state index is 13.5. The van der Waals surface area contributed by atoms with E-state index in [2.05, 4.69) is 10.6 Å². The molecular weight excluding hydrogens is 532 g/mol. The number of benzene rings is 2. The molecule has 40 heavy (non-hydrogen) atoms. The first-order chi connectivity index (χ1) is 18.7. The van der Waals surface area contributed by atoms with E-state index >= 15 is 0 Å². The first-order valence-corrected chi connectivity index (χ1v) is 14.9. The minimum atomic E-state index is -3.42. The summed E-state index contributed by atoms with van der Waals surface area (Å²) in [5.74, 6) is -1.12. The van der Waals surface area contributed by atoms with Crippen LogP contribution in [0.15, 0.2) is 47.4 Å². The van der Waals surface area contributed by atoms with Gasteiger partial charge in [0.2, 0.25) is 21.8 Å². The Kier molecular flexibility index (Phi) is 8.28. The summed E-state index contributed by atoms with van der Waals surface area (Å²) in [4.78, 5) is 38.7. The molecule has 11 heteroatoms. The first-order valence-electron chi connectivity index (χ1n) is 13.5. The minimum absolute atomic E-state index is 0.178. The molecule has 4 rings (SSSR count). The molecule has 0 aromatic heterocycles. The number of nitrogens with one attached hydrogen (secondary N) is 2. The van der Waals surface area contributed by atoms with Gasteiger partial charge in [-0.3, -0.25) is 9.59 Å². The maximum Gasteiger partial charge on any atom is 0.408 e. The number of fused-ring (bicyclic) bond motifs is 1. The van der Waals surface area contributed by atoms with E-state index in [1.165, 1.54) is 4.31 Å². The Bertz CT molecular complexity index is 1390. The number of carbonyl (C=O) groups excluding carboxylic acids is 3. The normalized spacial score (nSPS) is 18.8. The van der Waals surface area contributed by atoms with E-state index in [9.17, 15) is 22.8 Å². The van der Waals surface area contributed by atoms with E-state index in [1.807, 2.05) is 30.3 Å². The van der Waals surface area contributed by atoms with Gasteiger partial charge in [-0.15, -0.1) is 0 Å². The molecular formula is C29H38N4O6S. The number of hydrogen-bond acceptors (Lipinski definition) is 6. The van der Waals surface area contributed by atoms with Crippen LogP contribution in [0.25, 0.3) is 11.1 Å². The highest BCUT2D eigenvalue weighted by atomic mass is 32.2. The van der Waals surface area contributed by atoms with Crippen molar-refractivity contribution in [1.29, 1.82) is 0 Å². The molecule has 216 valence electrons. The van der Waals surface area contributed by atoms with Crippen molar-refractivity contribution in [2.45, 2.75) is 87.9 Å². The Balaban J connectivity index is 1.47. The number of sulfonamides is 1. The highest BCUT2D eigenvalue weighted by Crippen LogP contribution is 2.33. The van der Waals surface area contributed by atoms with Crippen LogP contribution in [0.2, 0.25) is 0 Å². The Morgan fingerprint density at radius 1 is 1.02 bits per heavy atom. The molecule has 0 bridgehead atoms. The fourth-order valence-electron chi connectivity index (χ4n) is 5.28. The summed E-state index contributed by atoms with van der Waals surface area (Å²) in [6, 6.07) is 11.8. The molecule has 2 aliphatic rings. The zero-order valence-electron chi connectivity index (χ0n) is 23.5. The summed E-state index contributed by atoms with van der Waals surface area (Å²) in [6.45, 7) is 5.58. The molecule has 1 saturated carbocycles. The third-order valence-electron chi connectivity index (χ3n) is 7.40. The van der Waals surface area contributed by atoms with Crippen molar-refractivity contribution in [3.05, 3.63) is 53.6 Å². The molecule has 1 aliphatic heterocycles. The fraction of sp³-hybridized carbons (Fsp3) is 0.483. The van der Waals surface area contributed by atoms with Crippen LogP contribution in [-0.4, -0.2) is 54.9 Å². The minimum Gasteiger partial charge on any atom is -0.444 e. The van der Waals surface area contributed by atoms with Gasteiger partial charge in [0.1, 0.15) is 17.2 Å². The molecule has 0 radical (unpaired) electrons. The topological polar surface area (TPSA) is 148 Å². The van der Waals surface area contributed by atoms with Crippen molar-refractivity contribution in [3.63, 3.8) is 0 Å². The maximum absolute atomic E-state index is 13.5. The number of nitrogens with zero attached hydrogens (tertiary/aromatic N) is 1. The van der Waals surface area contributed by atoms with E-state index < -0.39 is 45.1 Å². The standard InChI is InChI=1S/C29H38N4O6S/c1-28(2,3)39-27(36)32-29(14-6-5-7-15-29)26(35)31-23(25(30)34)16-19-8-10-20(11-9-19)21-12-13-24-22(17-21)18-33(4)40(24,37)38/h8-13,17,23H,5-7,14-16,18H2,1-4H3,(H2,30,34)(H,31,35)(H,32,36). The van der Waals surface area contributed by atoms with Crippen LogP contribution in [0, 0.1) is 0 Å². The zero-order valence-corrected chi connectivity index (χ0v) is 24.3. The van der Waals surface area contributed by atoms with Gasteiger partial charge in [-0.2, -0.15) is 4.31 Å². The van der Waals surface area contributed by atoms with Crippen molar-refractivity contribution in [1.82, 2.24) is 14.9 Å². The van der Waals surface area contributed by atoms with Gasteiger partial charge in [0, 0.05) is 20.0 Å². The first kappa shape index (κ1) is 29.5. The Hall–Kier alpha value is -3.44. The second-order valence-corrected chi connectivity index (χ2v) is 13.7. The largest absolute Gasteiger partial charge is 0.444 e. The molecule has 2 aromatic carbocycles. The lowest BCUT2D eigenvalue weighted by Gasteiger charge is -2.37. The zero-order chi connectivity index (χ0) is 29.3. The number of ether oxygens (including phenoxy) is 1. The molecule has 2 aromatic rings. The molecule has 1 atom stereocenters. The van der Waals surface area contributed by atoms with Crippen LogP contribution >= 0.6 is 0 Å². The number of nitrogens with two attached hydrogens (primary N) is 1. The number of hydrogen-bond donors (Lipinski definition) is 3. The predicted octanol–water partition coefficient (Wildman–Crippen LogP) is 3.23. The molecule has 3 amide bonds. The van der Waals surface area contributed by atoms with Gasteiger partial charge < -0.3 is 21.1 Å². The van der Waals surface area contributed by atoms with Gasteiger partial charge >= 0.3 is 6.09 Å². The van der Waals surface area contributed by atoms with E-state index in [4.69, 9.17) is 10.5 Å². The van der Waals surface area contributed by atoms with Gasteiger partial charge in [0.25, 0.3) is 0 Å². The summed E-state index contributed by atoms with van der Waals surface area (Å²) in [7, 11) is -1.87. The second-order valence-electron chi connectivity index (χ2n) is 11.7. The van der Waals surface area contributed by atoms with E-state index in [0.717, 1.165) is 41.5 Å². The highest BCUT2D eigenvalue weighted by molar-refractivity contribution is 7.89. The van der Waals surface area contributed by atoms with E-state index in [0.29, 0.717) is 24.3 Å². The highest BCUT2D eigenvalue weighted by Gasteiger charge is 2.43. The van der Waals surface area contributed by atoms with Crippen molar-refractivity contribution in [3.8, 4) is 11.1 Å². The lowest BCUT2D eigenvalue weighted by molar-refractivity contribution is -0.133. The monoisotopic (exact) mass is 570 g/mol. The van der Waals surface area contributed by atoms with Crippen molar-refractivity contribution < 1.29 is 27.5 Å². The lowest BCUT2D eigenvalue weighted by Crippen LogP contribution is -2.63. The van der Waals surface area contributed by atoms with Gasteiger partial charge in [0.05, 0.1) is 4.90 Å². The molecule has 1 fully saturated rings. The van der Waals surface area contributed by atoms with E-state index in [1.54, 1.807) is 40.0 Å². The van der Waals surface area contributed by atoms with Crippen LogP contribution < -0.4 is 16.4 Å². The summed E-state index contributed by atoms with van der Waals surface area (Å²) < 4.78 is 31.5. The SMILES string of the molecule is CN1Cc2cc(-c3ccc(CC(NC(=O)C4(NC(=O)OC(C)(C)C)CCCCC4)C(N)=O)cc3)ccc2S1(=O)=O. The number of primary amides is 1. The van der Waals surface area contributed by atoms with Gasteiger partial charge in [-0.25, -0.2) is 13.2 Å². The number of amides is 3. The van der Waals surface area contributed by atoms with Crippen LogP contribution in [-0.2, 0) is 37.3 Å². The Labute approximate surface area is 235 Å². The average Bonchev–Trinajstić information content (AvgIpc) is 3.10. The summed E-state index contributed by atoms with van der Waals surface area (Å²) in [5, 5.41) is 5.57. The number of carbonyl (C=O) groups is 3. The number of rotatable bonds is 7. The summed E-state index contributed by atoms with van der Waals surface area (Å²) in [5.41, 5.74) is 7.09. The van der Waals surface area contributed by atoms with Crippen molar-refractivity contribution in [2.24, 2.45) is 5.73 Å². The molecule has 10 nitrogen and oxygen atoms in total. The smallest absolute Gasteiger partial charge is 0.408 e. The molecule has 4 N–H and O–H groups in total. The van der Waals surface area contributed by atoms with Gasteiger partial charge in [-0.1, -0.05) is 49.6 Å². The predicted molar refractivity (Wildman–Crippen MR) is 151 cm³/mol. The van der Waals surface area contributed by atoms with Gasteiger partial charge in [0.15, 0.2) is 0 Å². The molecule has 1 aliphatic carbocycles. The molecule has 0 spiro atoms. The average molecular weight is 571 g/mol. The quantitative estimate of drug-likeness (QED) is 0.466. The Morgan fingerprint density at radius 3 is 2.25 bits per heavy atom. The summed E-state index contributed by atoms with van der Waals surface area (Å²) >= 11 is 0. The molecule has 0 saturated heterocycles. The van der Waals surface area contributed by atoms with Gasteiger partial charge in [-0.05, 0) is 68.0 Å². The van der Waals surface area contributed by atoms with Crippen LogP contribution in [0.3, 0.4) is 0 Å². The molecule has 1 heterocycles. The third kappa shape index (κ3) is 6.47. The van der Waals surface area contributed by atoms with Crippen molar-refractivity contribution in [2.75, 3.05) is 7.05 Å². The summed E-state index contributed by atoms with van der Waals surface area (Å²) in [6.07, 6.45) is 2.86. The second kappa shape index (κ2) is 11.2. The fourth-order valence-corrected chi connectivity index (χ4v) is 6.62. The lowest BCUT2D eigenvalue weighted by atomic mass is 9.80. The van der Waals surface area contributed by atoms with Crippen LogP contribution in [0.4, 0.5) is 4.79 Å². The van der Waals surface area contributed by atoms with E-state index in [-0.39, 0.29) is 6.42 Å². The van der Waals surface area contributed by atoms with Crippen LogP contribution in [0.1, 0.15) is 64.0 Å².